The molecule has 1 heterocycles. The molecule has 1 fully saturated rings. The molecule has 0 aromatic rings. The number of methoxy groups -OCH3 is 2. The van der Waals surface area contributed by atoms with Crippen LogP contribution in [0.5, 0.6) is 0 Å². The zero-order valence-electron chi connectivity index (χ0n) is 8.99. The van der Waals surface area contributed by atoms with Crippen LogP contribution in [0, 0.1) is 0 Å². The normalized spacial score (nSPS) is 18.8. The van der Waals surface area contributed by atoms with Crippen LogP contribution in [0.4, 0.5) is 0 Å². The van der Waals surface area contributed by atoms with Gasteiger partial charge in [-0.25, -0.2) is 0 Å². The zero-order chi connectivity index (χ0) is 10.4. The SMILES string of the molecule is COC(CN1CCCCCC1=O)OC. The van der Waals surface area contributed by atoms with Crippen molar-refractivity contribution in [3.63, 3.8) is 0 Å². The van der Waals surface area contributed by atoms with Crippen LogP contribution in [0.15, 0.2) is 0 Å². The van der Waals surface area contributed by atoms with Gasteiger partial charge in [0.15, 0.2) is 6.29 Å². The molecule has 4 nitrogen and oxygen atoms in total. The van der Waals surface area contributed by atoms with Crippen molar-refractivity contribution in [3.05, 3.63) is 0 Å². The number of amides is 1. The number of likely N-dealkylation sites (tertiary alicyclic amines) is 1. The molecule has 1 saturated heterocycles. The van der Waals surface area contributed by atoms with Crippen LogP contribution in [0.3, 0.4) is 0 Å². The van der Waals surface area contributed by atoms with Crippen LogP contribution in [-0.2, 0) is 14.3 Å². The van der Waals surface area contributed by atoms with Gasteiger partial charge < -0.3 is 14.4 Å². The van der Waals surface area contributed by atoms with Crippen LogP contribution in [0.1, 0.15) is 25.7 Å². The third kappa shape index (κ3) is 3.27. The summed E-state index contributed by atoms with van der Waals surface area (Å²) in [6.45, 7) is 1.38. The molecule has 0 bridgehead atoms. The number of nitrogens with zero attached hydrogens (tertiary/aromatic N) is 1. The monoisotopic (exact) mass is 201 g/mol. The van der Waals surface area contributed by atoms with Crippen molar-refractivity contribution in [2.24, 2.45) is 0 Å². The van der Waals surface area contributed by atoms with E-state index in [9.17, 15) is 4.79 Å². The first-order valence-corrected chi connectivity index (χ1v) is 5.11. The Hall–Kier alpha value is -0.610. The van der Waals surface area contributed by atoms with E-state index in [0.717, 1.165) is 25.8 Å². The Balaban J connectivity index is 2.43. The molecule has 0 aromatic heterocycles. The number of rotatable bonds is 4. The Bertz CT molecular complexity index is 180. The topological polar surface area (TPSA) is 38.8 Å². The molecular weight excluding hydrogens is 182 g/mol. The van der Waals surface area contributed by atoms with E-state index in [4.69, 9.17) is 9.47 Å². The van der Waals surface area contributed by atoms with E-state index in [1.54, 1.807) is 14.2 Å². The fourth-order valence-corrected chi connectivity index (χ4v) is 1.66. The lowest BCUT2D eigenvalue weighted by Gasteiger charge is -2.24. The zero-order valence-corrected chi connectivity index (χ0v) is 8.99. The Kier molecular flexibility index (Phi) is 4.90. The standard InChI is InChI=1S/C10H19NO3/c1-13-10(14-2)8-11-7-5-3-4-6-9(11)12/h10H,3-8H2,1-2H3. The van der Waals surface area contributed by atoms with E-state index in [2.05, 4.69) is 0 Å². The maximum atomic E-state index is 11.6. The van der Waals surface area contributed by atoms with E-state index in [-0.39, 0.29) is 12.2 Å². The molecule has 0 unspecified atom stereocenters. The summed E-state index contributed by atoms with van der Waals surface area (Å²) in [6, 6.07) is 0. The molecule has 0 saturated carbocycles. The first-order valence-electron chi connectivity index (χ1n) is 5.11. The molecule has 0 N–H and O–H groups in total. The molecule has 0 aromatic carbocycles. The highest BCUT2D eigenvalue weighted by Gasteiger charge is 2.19. The summed E-state index contributed by atoms with van der Waals surface area (Å²) in [5, 5.41) is 0. The lowest BCUT2D eigenvalue weighted by atomic mass is 10.2. The summed E-state index contributed by atoms with van der Waals surface area (Å²) < 4.78 is 10.2. The van der Waals surface area contributed by atoms with Gasteiger partial charge in [-0.05, 0) is 12.8 Å². The Morgan fingerprint density at radius 1 is 1.29 bits per heavy atom. The van der Waals surface area contributed by atoms with E-state index < -0.39 is 0 Å². The van der Waals surface area contributed by atoms with Crippen molar-refractivity contribution in [1.29, 1.82) is 0 Å². The molecule has 1 aliphatic heterocycles. The van der Waals surface area contributed by atoms with Gasteiger partial charge in [-0.1, -0.05) is 6.42 Å². The van der Waals surface area contributed by atoms with Gasteiger partial charge in [0.05, 0.1) is 6.54 Å². The first-order chi connectivity index (χ1) is 6.77. The predicted molar refractivity (Wildman–Crippen MR) is 52.9 cm³/mol. The summed E-state index contributed by atoms with van der Waals surface area (Å²) in [4.78, 5) is 13.4. The second-order valence-electron chi connectivity index (χ2n) is 3.55. The third-order valence-corrected chi connectivity index (χ3v) is 2.57. The first kappa shape index (κ1) is 11.5. The average Bonchev–Trinajstić information content (AvgIpc) is 2.40. The van der Waals surface area contributed by atoms with Crippen LogP contribution < -0.4 is 0 Å². The fourth-order valence-electron chi connectivity index (χ4n) is 1.66. The molecule has 0 radical (unpaired) electrons. The summed E-state index contributed by atoms with van der Waals surface area (Å²) >= 11 is 0. The minimum absolute atomic E-state index is 0.224. The van der Waals surface area contributed by atoms with E-state index in [0.29, 0.717) is 13.0 Å². The smallest absolute Gasteiger partial charge is 0.222 e. The van der Waals surface area contributed by atoms with Crippen LogP contribution >= 0.6 is 0 Å². The maximum Gasteiger partial charge on any atom is 0.222 e. The van der Waals surface area contributed by atoms with E-state index in [1.807, 2.05) is 4.90 Å². The Morgan fingerprint density at radius 3 is 2.64 bits per heavy atom. The van der Waals surface area contributed by atoms with Crippen LogP contribution in [0.2, 0.25) is 0 Å². The lowest BCUT2D eigenvalue weighted by molar-refractivity contribution is -0.144. The largest absolute Gasteiger partial charge is 0.354 e. The summed E-state index contributed by atoms with van der Waals surface area (Å²) in [6.07, 6.45) is 3.62. The molecule has 1 amide bonds. The summed E-state index contributed by atoms with van der Waals surface area (Å²) in [7, 11) is 3.19. The quantitative estimate of drug-likeness (QED) is 0.637. The fraction of sp³-hybridized carbons (Fsp3) is 0.900. The molecule has 1 aliphatic rings. The summed E-state index contributed by atoms with van der Waals surface area (Å²) in [5.41, 5.74) is 0. The van der Waals surface area contributed by atoms with Gasteiger partial charge in [-0.15, -0.1) is 0 Å². The molecule has 1 rings (SSSR count). The van der Waals surface area contributed by atoms with Crippen molar-refractivity contribution in [2.45, 2.75) is 32.0 Å². The summed E-state index contributed by atoms with van der Waals surface area (Å²) in [5.74, 6) is 0.224. The van der Waals surface area contributed by atoms with Gasteiger partial charge in [-0.3, -0.25) is 4.79 Å². The second kappa shape index (κ2) is 5.98. The van der Waals surface area contributed by atoms with E-state index in [1.165, 1.54) is 0 Å². The minimum atomic E-state index is -0.294. The van der Waals surface area contributed by atoms with Gasteiger partial charge in [0, 0.05) is 27.2 Å². The number of carbonyl (C=O) groups excluding carboxylic acids is 1. The molecule has 0 atom stereocenters. The van der Waals surface area contributed by atoms with Crippen LogP contribution in [-0.4, -0.2) is 44.4 Å². The molecule has 4 heteroatoms. The molecule has 0 spiro atoms. The number of carbonyl (C=O) groups is 1. The number of hydrogen-bond acceptors (Lipinski definition) is 3. The van der Waals surface area contributed by atoms with Gasteiger partial charge in [-0.2, -0.15) is 0 Å². The van der Waals surface area contributed by atoms with Gasteiger partial charge in [0.2, 0.25) is 5.91 Å². The maximum absolute atomic E-state index is 11.6. The molecule has 82 valence electrons. The Labute approximate surface area is 85.2 Å². The number of ether oxygens (including phenoxy) is 2. The highest BCUT2D eigenvalue weighted by atomic mass is 16.7. The minimum Gasteiger partial charge on any atom is -0.354 e. The highest BCUT2D eigenvalue weighted by Crippen LogP contribution is 2.12. The molecule has 0 aliphatic carbocycles. The van der Waals surface area contributed by atoms with Crippen molar-refractivity contribution < 1.29 is 14.3 Å². The van der Waals surface area contributed by atoms with Crippen LogP contribution in [0.25, 0.3) is 0 Å². The van der Waals surface area contributed by atoms with Gasteiger partial charge >= 0.3 is 0 Å². The van der Waals surface area contributed by atoms with Crippen molar-refractivity contribution in [1.82, 2.24) is 4.90 Å². The Morgan fingerprint density at radius 2 is 2.00 bits per heavy atom. The number of hydrogen-bond donors (Lipinski definition) is 0. The third-order valence-electron chi connectivity index (χ3n) is 2.57. The average molecular weight is 201 g/mol. The van der Waals surface area contributed by atoms with Crippen molar-refractivity contribution in [3.8, 4) is 0 Å². The highest BCUT2D eigenvalue weighted by molar-refractivity contribution is 5.76. The van der Waals surface area contributed by atoms with Gasteiger partial charge in [0.1, 0.15) is 0 Å². The van der Waals surface area contributed by atoms with Crippen molar-refractivity contribution >= 4 is 5.91 Å². The van der Waals surface area contributed by atoms with Crippen molar-refractivity contribution in [2.75, 3.05) is 27.3 Å². The van der Waals surface area contributed by atoms with E-state index >= 15 is 0 Å². The lowest BCUT2D eigenvalue weighted by Crippen LogP contribution is -2.38. The molecule has 14 heavy (non-hydrogen) atoms. The predicted octanol–water partition coefficient (Wildman–Crippen LogP) is 1.01. The molecular formula is C10H19NO3. The van der Waals surface area contributed by atoms with Gasteiger partial charge in [0.25, 0.3) is 0 Å². The second-order valence-corrected chi connectivity index (χ2v) is 3.55.